The predicted octanol–water partition coefficient (Wildman–Crippen LogP) is 6.60. The molecule has 0 spiro atoms. The molecule has 27 heavy (non-hydrogen) atoms. The van der Waals surface area contributed by atoms with Gasteiger partial charge < -0.3 is 10.6 Å². The van der Waals surface area contributed by atoms with Gasteiger partial charge in [-0.2, -0.15) is 5.10 Å². The van der Waals surface area contributed by atoms with E-state index in [0.29, 0.717) is 32.1 Å². The van der Waals surface area contributed by atoms with Crippen LogP contribution in [-0.4, -0.2) is 14.9 Å². The number of nitrogens with one attached hydrogen (secondary N) is 2. The van der Waals surface area contributed by atoms with Gasteiger partial charge in [-0.15, -0.1) is 0 Å². The van der Waals surface area contributed by atoms with E-state index in [4.69, 9.17) is 47.0 Å². The normalized spacial score (nSPS) is 10.7. The van der Waals surface area contributed by atoms with E-state index in [1.165, 1.54) is 10.7 Å². The molecule has 0 aliphatic rings. The Hall–Kier alpha value is -1.38. The molecular formula is C17H11BrCl3FN4S. The topological polar surface area (TPSA) is 41.9 Å². The zero-order chi connectivity index (χ0) is 19.6. The average molecular weight is 509 g/mol. The van der Waals surface area contributed by atoms with Gasteiger partial charge in [-0.05, 0) is 42.5 Å². The van der Waals surface area contributed by atoms with Crippen LogP contribution in [0.2, 0.25) is 15.1 Å². The van der Waals surface area contributed by atoms with Gasteiger partial charge in [-0.3, -0.25) is 4.68 Å². The lowest BCUT2D eigenvalue weighted by Gasteiger charge is -2.10. The molecule has 0 aliphatic carbocycles. The molecule has 0 saturated heterocycles. The van der Waals surface area contributed by atoms with Crippen molar-refractivity contribution in [1.29, 1.82) is 0 Å². The molecule has 1 heterocycles. The molecule has 0 amide bonds. The van der Waals surface area contributed by atoms with Gasteiger partial charge in [0.2, 0.25) is 0 Å². The molecule has 0 saturated carbocycles. The summed E-state index contributed by atoms with van der Waals surface area (Å²) in [4.78, 5) is 0. The second kappa shape index (κ2) is 8.75. The fourth-order valence-electron chi connectivity index (χ4n) is 2.26. The lowest BCUT2D eigenvalue weighted by molar-refractivity contribution is 0.586. The Morgan fingerprint density at radius 1 is 1.11 bits per heavy atom. The molecule has 0 atom stereocenters. The van der Waals surface area contributed by atoms with Crippen molar-refractivity contribution in [2.45, 2.75) is 6.54 Å². The summed E-state index contributed by atoms with van der Waals surface area (Å²) < 4.78 is 16.3. The highest BCUT2D eigenvalue weighted by atomic mass is 79.9. The van der Waals surface area contributed by atoms with E-state index in [2.05, 4.69) is 31.7 Å². The van der Waals surface area contributed by atoms with Gasteiger partial charge in [-0.25, -0.2) is 4.39 Å². The molecule has 2 N–H and O–H groups in total. The highest BCUT2D eigenvalue weighted by Crippen LogP contribution is 2.27. The van der Waals surface area contributed by atoms with Crippen LogP contribution in [-0.2, 0) is 6.54 Å². The molecule has 0 bridgehead atoms. The Labute approximate surface area is 183 Å². The zero-order valence-corrected chi connectivity index (χ0v) is 18.1. The summed E-state index contributed by atoms with van der Waals surface area (Å²) in [5.74, 6) is -0.0828. The van der Waals surface area contributed by atoms with Crippen molar-refractivity contribution >= 4 is 79.6 Å². The smallest absolute Gasteiger partial charge is 0.176 e. The maximum atomic E-state index is 13.9. The molecule has 3 aromatic rings. The summed E-state index contributed by atoms with van der Waals surface area (Å²) in [6.07, 6.45) is 1.56. The minimum absolute atomic E-state index is 0.131. The number of anilines is 2. The first kappa shape index (κ1) is 20.4. The third-order valence-electron chi connectivity index (χ3n) is 3.51. The first-order chi connectivity index (χ1) is 12.8. The highest BCUT2D eigenvalue weighted by Gasteiger charge is 2.13. The summed E-state index contributed by atoms with van der Waals surface area (Å²) in [5.41, 5.74) is 0.957. The van der Waals surface area contributed by atoms with Crippen molar-refractivity contribution in [3.8, 4) is 0 Å². The van der Waals surface area contributed by atoms with Crippen LogP contribution in [0.1, 0.15) is 5.56 Å². The van der Waals surface area contributed by atoms with Crippen molar-refractivity contribution in [3.63, 3.8) is 0 Å². The summed E-state index contributed by atoms with van der Waals surface area (Å²) in [7, 11) is 0. The number of halogens is 5. The van der Waals surface area contributed by atoms with Gasteiger partial charge in [0, 0.05) is 21.3 Å². The Bertz CT molecular complexity index is 992. The van der Waals surface area contributed by atoms with Crippen LogP contribution in [0, 0.1) is 5.82 Å². The lowest BCUT2D eigenvalue weighted by Crippen LogP contribution is -2.20. The maximum absolute atomic E-state index is 13.9. The lowest BCUT2D eigenvalue weighted by atomic mass is 10.2. The first-order valence-electron chi connectivity index (χ1n) is 7.52. The molecule has 3 rings (SSSR count). The molecular weight excluding hydrogens is 498 g/mol. The van der Waals surface area contributed by atoms with Crippen molar-refractivity contribution in [2.24, 2.45) is 0 Å². The van der Waals surface area contributed by atoms with Crippen LogP contribution in [0.3, 0.4) is 0 Å². The van der Waals surface area contributed by atoms with Gasteiger partial charge in [-0.1, -0.05) is 56.8 Å². The van der Waals surface area contributed by atoms with Crippen LogP contribution in [0.4, 0.5) is 15.9 Å². The van der Waals surface area contributed by atoms with Crippen LogP contribution in [0.15, 0.2) is 47.1 Å². The summed E-state index contributed by atoms with van der Waals surface area (Å²) in [6, 6.07) is 9.85. The van der Waals surface area contributed by atoms with Crippen LogP contribution >= 0.6 is 63.0 Å². The van der Waals surface area contributed by atoms with E-state index < -0.39 is 5.82 Å². The molecule has 10 heteroatoms. The summed E-state index contributed by atoms with van der Waals surface area (Å²) in [6.45, 7) is 0.131. The van der Waals surface area contributed by atoms with Crippen molar-refractivity contribution in [1.82, 2.24) is 9.78 Å². The second-order valence-corrected chi connectivity index (χ2v) is 7.97. The Morgan fingerprint density at radius 2 is 1.89 bits per heavy atom. The summed E-state index contributed by atoms with van der Waals surface area (Å²) in [5, 5.41) is 11.6. The fraction of sp³-hybridized carbons (Fsp3) is 0.0588. The predicted molar refractivity (Wildman–Crippen MR) is 117 cm³/mol. The van der Waals surface area contributed by atoms with E-state index in [1.54, 1.807) is 30.5 Å². The average Bonchev–Trinajstić information content (AvgIpc) is 2.93. The summed E-state index contributed by atoms with van der Waals surface area (Å²) >= 11 is 27.0. The number of nitrogens with zero attached hydrogens (tertiary/aromatic N) is 2. The maximum Gasteiger partial charge on any atom is 0.176 e. The van der Waals surface area contributed by atoms with Gasteiger partial charge in [0.05, 0.1) is 17.3 Å². The molecule has 0 radical (unpaired) electrons. The third-order valence-corrected chi connectivity index (χ3v) is 5.15. The monoisotopic (exact) mass is 506 g/mol. The molecule has 0 fully saturated rings. The van der Waals surface area contributed by atoms with Gasteiger partial charge in [0.1, 0.15) is 10.8 Å². The van der Waals surface area contributed by atoms with Gasteiger partial charge >= 0.3 is 0 Å². The number of benzene rings is 2. The van der Waals surface area contributed by atoms with Crippen LogP contribution in [0.5, 0.6) is 0 Å². The molecule has 1 aromatic heterocycles. The largest absolute Gasteiger partial charge is 0.331 e. The van der Waals surface area contributed by atoms with E-state index in [1.807, 2.05) is 6.07 Å². The first-order valence-corrected chi connectivity index (χ1v) is 9.86. The number of rotatable bonds is 4. The Kier molecular flexibility index (Phi) is 6.60. The van der Waals surface area contributed by atoms with E-state index in [0.717, 1.165) is 4.47 Å². The SMILES string of the molecule is Fc1cccc(Cl)c1Cn1cc(Cl)c(NC(=S)Nc2ccc(Br)cc2Cl)n1. The van der Waals surface area contributed by atoms with Crippen molar-refractivity contribution < 1.29 is 4.39 Å². The Morgan fingerprint density at radius 3 is 2.59 bits per heavy atom. The van der Waals surface area contributed by atoms with Crippen molar-refractivity contribution in [3.05, 3.63) is 73.5 Å². The molecule has 0 unspecified atom stereocenters. The highest BCUT2D eigenvalue weighted by molar-refractivity contribution is 9.10. The van der Waals surface area contributed by atoms with Gasteiger partial charge in [0.15, 0.2) is 10.9 Å². The minimum atomic E-state index is -0.411. The number of hydrogen-bond acceptors (Lipinski definition) is 2. The van der Waals surface area contributed by atoms with Crippen molar-refractivity contribution in [2.75, 3.05) is 10.6 Å². The van der Waals surface area contributed by atoms with E-state index >= 15 is 0 Å². The van der Waals surface area contributed by atoms with E-state index in [-0.39, 0.29) is 11.7 Å². The molecule has 0 aliphatic heterocycles. The van der Waals surface area contributed by atoms with Crippen LogP contribution < -0.4 is 10.6 Å². The fourth-order valence-corrected chi connectivity index (χ4v) is 3.61. The zero-order valence-electron chi connectivity index (χ0n) is 13.4. The van der Waals surface area contributed by atoms with Crippen LogP contribution in [0.25, 0.3) is 0 Å². The second-order valence-electron chi connectivity index (χ2n) is 5.43. The number of hydrogen-bond donors (Lipinski definition) is 2. The van der Waals surface area contributed by atoms with E-state index in [9.17, 15) is 4.39 Å². The molecule has 4 nitrogen and oxygen atoms in total. The molecule has 2 aromatic carbocycles. The minimum Gasteiger partial charge on any atom is -0.331 e. The standard InChI is InChI=1S/C17H11BrCl3FN4S/c18-9-4-5-15(12(20)6-9)23-17(27)24-16-13(21)8-26(25-16)7-10-11(19)2-1-3-14(10)22/h1-6,8H,7H2,(H2,23,24,25,27). The Balaban J connectivity index is 1.72. The third kappa shape index (κ3) is 5.12. The number of aromatic nitrogens is 2. The quantitative estimate of drug-likeness (QED) is 0.390. The number of thiocarbonyl (C=S) groups is 1. The molecule has 140 valence electrons. The van der Waals surface area contributed by atoms with Gasteiger partial charge in [0.25, 0.3) is 0 Å².